The van der Waals surface area contributed by atoms with E-state index in [2.05, 4.69) is 15.3 Å². The second kappa shape index (κ2) is 6.60. The number of hydrogen-bond donors (Lipinski definition) is 1. The van der Waals surface area contributed by atoms with E-state index in [1.165, 1.54) is 0 Å². The summed E-state index contributed by atoms with van der Waals surface area (Å²) in [5.74, 6) is 1.41. The zero-order chi connectivity index (χ0) is 16.2. The number of fused-ring (bicyclic) bond motifs is 1. The molecular weight excluding hydrogens is 290 g/mol. The van der Waals surface area contributed by atoms with Crippen molar-refractivity contribution < 1.29 is 9.53 Å². The average molecular weight is 309 g/mol. The predicted molar refractivity (Wildman–Crippen MR) is 88.0 cm³/mol. The van der Waals surface area contributed by atoms with Crippen LogP contribution in [0.25, 0.3) is 11.4 Å². The molecule has 0 fully saturated rings. The van der Waals surface area contributed by atoms with E-state index in [-0.39, 0.29) is 12.0 Å². The highest BCUT2D eigenvalue weighted by Crippen LogP contribution is 2.37. The summed E-state index contributed by atoms with van der Waals surface area (Å²) < 4.78 is 6.04. The lowest BCUT2D eigenvalue weighted by atomic mass is 10.1. The molecule has 0 spiro atoms. The Bertz CT molecular complexity index is 741. The maximum absolute atomic E-state index is 11.8. The topological polar surface area (TPSA) is 64.1 Å². The van der Waals surface area contributed by atoms with E-state index in [9.17, 15) is 4.79 Å². The highest BCUT2D eigenvalue weighted by atomic mass is 16.5. The minimum atomic E-state index is -0.0662. The van der Waals surface area contributed by atoms with E-state index in [1.807, 2.05) is 25.1 Å². The normalized spacial score (nSPS) is 16.6. The summed E-state index contributed by atoms with van der Waals surface area (Å²) in [6.07, 6.45) is 5.93. The van der Waals surface area contributed by atoms with Crippen LogP contribution < -0.4 is 10.1 Å². The number of allylic oxidation sites excluding steroid dienone is 1. The number of carbonyl (C=O) groups excluding carboxylic acids is 1. The third-order valence-electron chi connectivity index (χ3n) is 3.92. The predicted octanol–water partition coefficient (Wildman–Crippen LogP) is 2.53. The molecule has 1 aliphatic rings. The molecular formula is C18H19N3O2. The lowest BCUT2D eigenvalue weighted by molar-refractivity contribution is -0.117. The molecule has 2 aromatic rings. The van der Waals surface area contributed by atoms with Gasteiger partial charge in [0.25, 0.3) is 0 Å². The number of benzene rings is 1. The van der Waals surface area contributed by atoms with Gasteiger partial charge in [0.05, 0.1) is 12.1 Å². The van der Waals surface area contributed by atoms with Crippen LogP contribution in [-0.2, 0) is 11.2 Å². The molecule has 0 aliphatic carbocycles. The van der Waals surface area contributed by atoms with E-state index in [0.717, 1.165) is 23.3 Å². The van der Waals surface area contributed by atoms with Gasteiger partial charge in [-0.05, 0) is 31.5 Å². The van der Waals surface area contributed by atoms with Crippen LogP contribution in [0.15, 0.2) is 48.3 Å². The molecule has 5 nitrogen and oxygen atoms in total. The van der Waals surface area contributed by atoms with Gasteiger partial charge in [-0.25, -0.2) is 9.97 Å². The van der Waals surface area contributed by atoms with E-state index in [0.29, 0.717) is 17.9 Å². The third-order valence-corrected chi connectivity index (χ3v) is 3.92. The Morgan fingerprint density at radius 3 is 2.87 bits per heavy atom. The second-order valence-electron chi connectivity index (χ2n) is 5.49. The minimum Gasteiger partial charge on any atom is -0.487 e. The SMILES string of the molecule is C/C=C(\C)C(=O)NC[C@@H]1Cc2cccc(-c3ncccn3)c2O1. The summed E-state index contributed by atoms with van der Waals surface area (Å²) in [5.41, 5.74) is 2.72. The second-order valence-corrected chi connectivity index (χ2v) is 5.49. The number of nitrogens with one attached hydrogen (secondary N) is 1. The average Bonchev–Trinajstić information content (AvgIpc) is 3.02. The molecule has 0 radical (unpaired) electrons. The van der Waals surface area contributed by atoms with Gasteiger partial charge in [-0.2, -0.15) is 0 Å². The fourth-order valence-corrected chi connectivity index (χ4v) is 2.54. The van der Waals surface area contributed by atoms with Crippen LogP contribution in [0.4, 0.5) is 0 Å². The Kier molecular flexibility index (Phi) is 4.37. The fraction of sp³-hybridized carbons (Fsp3) is 0.278. The Hall–Kier alpha value is -2.69. The summed E-state index contributed by atoms with van der Waals surface area (Å²) in [6.45, 7) is 4.13. The number of nitrogens with zero attached hydrogens (tertiary/aromatic N) is 2. The zero-order valence-corrected chi connectivity index (χ0v) is 13.2. The number of hydrogen-bond acceptors (Lipinski definition) is 4. The molecule has 23 heavy (non-hydrogen) atoms. The monoisotopic (exact) mass is 309 g/mol. The first-order valence-corrected chi connectivity index (χ1v) is 7.66. The lowest BCUT2D eigenvalue weighted by Gasteiger charge is -2.13. The standard InChI is InChI=1S/C18H19N3O2/c1-3-12(2)18(22)21-11-14-10-13-6-4-7-15(16(13)23-14)17-19-8-5-9-20-17/h3-9,14H,10-11H2,1-2H3,(H,21,22)/b12-3+/t14-/m0/s1. The van der Waals surface area contributed by atoms with Crippen molar-refractivity contribution in [3.8, 4) is 17.1 Å². The van der Waals surface area contributed by atoms with Crippen molar-refractivity contribution in [2.24, 2.45) is 0 Å². The summed E-state index contributed by atoms with van der Waals surface area (Å²) in [6, 6.07) is 7.77. The van der Waals surface area contributed by atoms with E-state index >= 15 is 0 Å². The number of para-hydroxylation sites is 1. The molecule has 1 atom stereocenters. The van der Waals surface area contributed by atoms with Gasteiger partial charge in [-0.3, -0.25) is 4.79 Å². The van der Waals surface area contributed by atoms with E-state index < -0.39 is 0 Å². The van der Waals surface area contributed by atoms with Crippen molar-refractivity contribution in [2.45, 2.75) is 26.4 Å². The van der Waals surface area contributed by atoms with Crippen LogP contribution in [0.5, 0.6) is 5.75 Å². The Morgan fingerprint density at radius 1 is 1.35 bits per heavy atom. The summed E-state index contributed by atoms with van der Waals surface area (Å²) >= 11 is 0. The molecule has 0 saturated heterocycles. The van der Waals surface area contributed by atoms with Crippen molar-refractivity contribution >= 4 is 5.91 Å². The summed E-state index contributed by atoms with van der Waals surface area (Å²) in [4.78, 5) is 20.4. The number of amides is 1. The quantitative estimate of drug-likeness (QED) is 0.882. The van der Waals surface area contributed by atoms with Gasteiger partial charge in [0.15, 0.2) is 5.82 Å². The van der Waals surface area contributed by atoms with Crippen molar-refractivity contribution in [3.05, 3.63) is 53.9 Å². The van der Waals surface area contributed by atoms with Crippen molar-refractivity contribution in [2.75, 3.05) is 6.54 Å². The molecule has 1 aliphatic heterocycles. The van der Waals surface area contributed by atoms with E-state index in [1.54, 1.807) is 31.5 Å². The maximum atomic E-state index is 11.8. The third kappa shape index (κ3) is 3.23. The largest absolute Gasteiger partial charge is 0.487 e. The van der Waals surface area contributed by atoms with Crippen molar-refractivity contribution in [3.63, 3.8) is 0 Å². The first-order chi connectivity index (χ1) is 11.2. The van der Waals surface area contributed by atoms with Gasteiger partial charge in [0.1, 0.15) is 11.9 Å². The molecule has 0 bridgehead atoms. The number of rotatable bonds is 4. The van der Waals surface area contributed by atoms with Crippen LogP contribution in [0, 0.1) is 0 Å². The van der Waals surface area contributed by atoms with Crippen LogP contribution in [0.2, 0.25) is 0 Å². The molecule has 1 aromatic heterocycles. The first-order valence-electron chi connectivity index (χ1n) is 7.66. The molecule has 1 N–H and O–H groups in total. The van der Waals surface area contributed by atoms with Crippen LogP contribution in [0.1, 0.15) is 19.4 Å². The molecule has 0 unspecified atom stereocenters. The van der Waals surface area contributed by atoms with Crippen molar-refractivity contribution in [1.29, 1.82) is 0 Å². The molecule has 1 aromatic carbocycles. The molecule has 118 valence electrons. The molecule has 0 saturated carbocycles. The Labute approximate surface area is 135 Å². The Morgan fingerprint density at radius 2 is 2.13 bits per heavy atom. The highest BCUT2D eigenvalue weighted by molar-refractivity contribution is 5.92. The fourth-order valence-electron chi connectivity index (χ4n) is 2.54. The van der Waals surface area contributed by atoms with Crippen LogP contribution in [-0.4, -0.2) is 28.5 Å². The van der Waals surface area contributed by atoms with Gasteiger partial charge < -0.3 is 10.1 Å². The summed E-state index contributed by atoms with van der Waals surface area (Å²) in [5, 5.41) is 2.91. The highest BCUT2D eigenvalue weighted by Gasteiger charge is 2.26. The van der Waals surface area contributed by atoms with Crippen LogP contribution >= 0.6 is 0 Å². The van der Waals surface area contributed by atoms with Crippen LogP contribution in [0.3, 0.4) is 0 Å². The number of aromatic nitrogens is 2. The van der Waals surface area contributed by atoms with Gasteiger partial charge >= 0.3 is 0 Å². The maximum Gasteiger partial charge on any atom is 0.246 e. The van der Waals surface area contributed by atoms with Gasteiger partial charge in [-0.15, -0.1) is 0 Å². The molecule has 3 rings (SSSR count). The number of carbonyl (C=O) groups is 1. The minimum absolute atomic E-state index is 0.0568. The van der Waals surface area contributed by atoms with Crippen molar-refractivity contribution in [1.82, 2.24) is 15.3 Å². The first kappa shape index (κ1) is 15.2. The zero-order valence-electron chi connectivity index (χ0n) is 13.2. The van der Waals surface area contributed by atoms with E-state index in [4.69, 9.17) is 4.74 Å². The summed E-state index contributed by atoms with van der Waals surface area (Å²) in [7, 11) is 0. The molecule has 2 heterocycles. The van der Waals surface area contributed by atoms with Gasteiger partial charge in [0.2, 0.25) is 5.91 Å². The Balaban J connectivity index is 1.73. The van der Waals surface area contributed by atoms with Gasteiger partial charge in [0, 0.05) is 24.4 Å². The molecule has 1 amide bonds. The molecule has 5 heteroatoms. The number of ether oxygens (including phenoxy) is 1. The van der Waals surface area contributed by atoms with Gasteiger partial charge in [-0.1, -0.05) is 18.2 Å². The lowest BCUT2D eigenvalue weighted by Crippen LogP contribution is -2.34. The smallest absolute Gasteiger partial charge is 0.246 e.